The fourth-order valence-electron chi connectivity index (χ4n) is 4.62. The zero-order valence-corrected chi connectivity index (χ0v) is 21.3. The van der Waals surface area contributed by atoms with Crippen LogP contribution in [-0.2, 0) is 6.42 Å². The van der Waals surface area contributed by atoms with E-state index in [2.05, 4.69) is 49.5 Å². The molecule has 0 spiro atoms. The Morgan fingerprint density at radius 1 is 0.548 bits per heavy atom. The van der Waals surface area contributed by atoms with Crippen LogP contribution in [0.4, 0.5) is 0 Å². The first-order chi connectivity index (χ1) is 15.4. The number of rotatable bonds is 23. The number of unbranched alkanes of at least 4 members (excludes halogenated alkanes) is 16. The van der Waals surface area contributed by atoms with E-state index < -0.39 is 0 Å². The summed E-state index contributed by atoms with van der Waals surface area (Å²) in [5, 5.41) is 3.91. The van der Waals surface area contributed by atoms with Crippen molar-refractivity contribution in [1.29, 1.82) is 0 Å². The van der Waals surface area contributed by atoms with Crippen molar-refractivity contribution >= 4 is 0 Å². The Labute approximate surface area is 196 Å². The molecule has 0 saturated carbocycles. The summed E-state index contributed by atoms with van der Waals surface area (Å²) in [4.78, 5) is 0. The van der Waals surface area contributed by atoms with E-state index in [1.165, 1.54) is 141 Å². The van der Waals surface area contributed by atoms with E-state index in [1.807, 2.05) is 0 Å². The normalized spacial score (nSPS) is 12.3. The molecule has 1 N–H and O–H groups in total. The van der Waals surface area contributed by atoms with Crippen molar-refractivity contribution in [2.24, 2.45) is 0 Å². The van der Waals surface area contributed by atoms with Gasteiger partial charge in [0.1, 0.15) is 0 Å². The number of hydrogen-bond acceptors (Lipinski definition) is 1. The lowest BCUT2D eigenvalue weighted by Gasteiger charge is -2.19. The average molecular weight is 430 g/mol. The molecule has 0 bridgehead atoms. The van der Waals surface area contributed by atoms with Crippen LogP contribution in [0.25, 0.3) is 0 Å². The van der Waals surface area contributed by atoms with E-state index in [0.717, 1.165) is 0 Å². The van der Waals surface area contributed by atoms with Gasteiger partial charge in [-0.05, 0) is 31.4 Å². The average Bonchev–Trinajstić information content (AvgIpc) is 2.79. The van der Waals surface area contributed by atoms with Crippen LogP contribution >= 0.6 is 0 Å². The highest BCUT2D eigenvalue weighted by Gasteiger charge is 2.09. The molecule has 1 aromatic rings. The van der Waals surface area contributed by atoms with Gasteiger partial charge >= 0.3 is 0 Å². The molecular weight excluding hydrogens is 374 g/mol. The van der Waals surface area contributed by atoms with Crippen molar-refractivity contribution in [3.63, 3.8) is 0 Å². The molecule has 180 valence electrons. The quantitative estimate of drug-likeness (QED) is 0.171. The number of hydrogen-bond donors (Lipinski definition) is 1. The minimum atomic E-state index is 0.654. The Morgan fingerprint density at radius 3 is 1.52 bits per heavy atom. The van der Waals surface area contributed by atoms with Crippen molar-refractivity contribution in [3.05, 3.63) is 35.9 Å². The van der Waals surface area contributed by atoms with E-state index in [9.17, 15) is 0 Å². The molecule has 1 rings (SSSR count). The van der Waals surface area contributed by atoms with Crippen molar-refractivity contribution in [1.82, 2.24) is 5.32 Å². The first-order valence-corrected chi connectivity index (χ1v) is 14.1. The van der Waals surface area contributed by atoms with Gasteiger partial charge in [-0.15, -0.1) is 0 Å². The molecule has 1 atom stereocenters. The fourth-order valence-corrected chi connectivity index (χ4v) is 4.62. The highest BCUT2D eigenvalue weighted by molar-refractivity contribution is 5.15. The van der Waals surface area contributed by atoms with Crippen LogP contribution < -0.4 is 5.32 Å². The van der Waals surface area contributed by atoms with Gasteiger partial charge in [-0.1, -0.05) is 153 Å². The summed E-state index contributed by atoms with van der Waals surface area (Å²) in [6, 6.07) is 11.7. The molecule has 0 aliphatic rings. The maximum Gasteiger partial charge on any atom is 0.0107 e. The Hall–Kier alpha value is -0.820. The largest absolute Gasteiger partial charge is 0.314 e. The van der Waals surface area contributed by atoms with Crippen LogP contribution in [0.2, 0.25) is 0 Å². The third kappa shape index (κ3) is 18.5. The van der Waals surface area contributed by atoms with E-state index >= 15 is 0 Å². The van der Waals surface area contributed by atoms with E-state index in [0.29, 0.717) is 6.04 Å². The highest BCUT2D eigenvalue weighted by Crippen LogP contribution is 2.14. The van der Waals surface area contributed by atoms with Crippen LogP contribution in [0.1, 0.15) is 141 Å². The predicted molar refractivity (Wildman–Crippen MR) is 141 cm³/mol. The lowest BCUT2D eigenvalue weighted by Crippen LogP contribution is -2.32. The monoisotopic (exact) mass is 429 g/mol. The minimum Gasteiger partial charge on any atom is -0.314 e. The maximum atomic E-state index is 3.91. The Kier molecular flexibility index (Phi) is 20.4. The Balaban J connectivity index is 2.11. The summed E-state index contributed by atoms with van der Waals surface area (Å²) >= 11 is 0. The third-order valence-corrected chi connectivity index (χ3v) is 6.69. The smallest absolute Gasteiger partial charge is 0.0107 e. The standard InChI is InChI=1S/C30H55N/c1-3-5-7-9-11-13-14-16-18-23-27-31-30(28-29-24-20-19-21-25-29)26-22-17-15-12-10-8-6-4-2/h19-21,24-25,30-31H,3-18,22-23,26-28H2,1-2H3. The van der Waals surface area contributed by atoms with Gasteiger partial charge in [-0.2, -0.15) is 0 Å². The molecule has 1 aromatic carbocycles. The van der Waals surface area contributed by atoms with Gasteiger partial charge in [0, 0.05) is 6.04 Å². The molecule has 0 fully saturated rings. The second-order valence-electron chi connectivity index (χ2n) is 9.79. The van der Waals surface area contributed by atoms with Crippen LogP contribution in [0, 0.1) is 0 Å². The van der Waals surface area contributed by atoms with Crippen LogP contribution in [-0.4, -0.2) is 12.6 Å². The highest BCUT2D eigenvalue weighted by atomic mass is 14.9. The van der Waals surface area contributed by atoms with E-state index in [-0.39, 0.29) is 0 Å². The van der Waals surface area contributed by atoms with Crippen LogP contribution in [0.3, 0.4) is 0 Å². The molecule has 0 heterocycles. The first kappa shape index (κ1) is 28.2. The van der Waals surface area contributed by atoms with Gasteiger partial charge in [0.2, 0.25) is 0 Å². The van der Waals surface area contributed by atoms with Gasteiger partial charge in [-0.25, -0.2) is 0 Å². The van der Waals surface area contributed by atoms with Gasteiger partial charge in [0.25, 0.3) is 0 Å². The summed E-state index contributed by atoms with van der Waals surface area (Å²) < 4.78 is 0. The second-order valence-corrected chi connectivity index (χ2v) is 9.79. The van der Waals surface area contributed by atoms with Gasteiger partial charge in [0.15, 0.2) is 0 Å². The molecule has 0 aromatic heterocycles. The topological polar surface area (TPSA) is 12.0 Å². The molecule has 0 aliphatic heterocycles. The van der Waals surface area contributed by atoms with E-state index in [1.54, 1.807) is 0 Å². The molecule has 1 heteroatoms. The summed E-state index contributed by atoms with van der Waals surface area (Å²) in [5.74, 6) is 0. The summed E-state index contributed by atoms with van der Waals surface area (Å²) in [6.45, 7) is 5.80. The summed E-state index contributed by atoms with van der Waals surface area (Å²) in [5.41, 5.74) is 1.49. The molecular formula is C30H55N. The van der Waals surface area contributed by atoms with Crippen molar-refractivity contribution in [2.75, 3.05) is 6.54 Å². The van der Waals surface area contributed by atoms with Crippen molar-refractivity contribution in [3.8, 4) is 0 Å². The lowest BCUT2D eigenvalue weighted by atomic mass is 9.99. The third-order valence-electron chi connectivity index (χ3n) is 6.69. The van der Waals surface area contributed by atoms with Crippen molar-refractivity contribution in [2.45, 2.75) is 148 Å². The zero-order valence-electron chi connectivity index (χ0n) is 21.3. The number of benzene rings is 1. The summed E-state index contributed by atoms with van der Waals surface area (Å²) in [7, 11) is 0. The molecule has 0 aliphatic carbocycles. The lowest BCUT2D eigenvalue weighted by molar-refractivity contribution is 0.438. The molecule has 1 nitrogen and oxygen atoms in total. The van der Waals surface area contributed by atoms with Crippen molar-refractivity contribution < 1.29 is 0 Å². The fraction of sp³-hybridized carbons (Fsp3) is 0.800. The Morgan fingerprint density at radius 2 is 1.00 bits per heavy atom. The molecule has 0 amide bonds. The van der Waals surface area contributed by atoms with Gasteiger partial charge in [-0.3, -0.25) is 0 Å². The van der Waals surface area contributed by atoms with Gasteiger partial charge < -0.3 is 5.32 Å². The molecule has 0 saturated heterocycles. The zero-order chi connectivity index (χ0) is 22.2. The summed E-state index contributed by atoms with van der Waals surface area (Å²) in [6.07, 6.45) is 28.1. The first-order valence-electron chi connectivity index (χ1n) is 14.1. The molecule has 1 unspecified atom stereocenters. The van der Waals surface area contributed by atoms with E-state index in [4.69, 9.17) is 0 Å². The SMILES string of the molecule is CCCCCCCCCCCCNC(CCCCCCCCCC)Cc1ccccc1. The second kappa shape index (κ2) is 22.4. The maximum absolute atomic E-state index is 3.91. The Bertz CT molecular complexity index is 455. The number of nitrogens with one attached hydrogen (secondary N) is 1. The minimum absolute atomic E-state index is 0.654. The van der Waals surface area contributed by atoms with Crippen LogP contribution in [0.5, 0.6) is 0 Å². The molecule has 0 radical (unpaired) electrons. The predicted octanol–water partition coefficient (Wildman–Crippen LogP) is 9.64. The molecule has 31 heavy (non-hydrogen) atoms. The van der Waals surface area contributed by atoms with Gasteiger partial charge in [0.05, 0.1) is 0 Å². The van der Waals surface area contributed by atoms with Crippen LogP contribution in [0.15, 0.2) is 30.3 Å².